The maximum Gasteiger partial charge on any atom is 0.191 e. The third-order valence-electron chi connectivity index (χ3n) is 4.39. The van der Waals surface area contributed by atoms with Gasteiger partial charge in [-0.15, -0.1) is 24.0 Å². The van der Waals surface area contributed by atoms with Crippen LogP contribution in [-0.2, 0) is 9.47 Å². The summed E-state index contributed by atoms with van der Waals surface area (Å²) in [5, 5.41) is 6.71. The first-order valence-corrected chi connectivity index (χ1v) is 8.88. The SMILES string of the molecule is CCNC(=NCC1CN2CCN1CC2)NCCCOCCOC.I. The summed E-state index contributed by atoms with van der Waals surface area (Å²) in [6.45, 7) is 12.8. The van der Waals surface area contributed by atoms with Crippen LogP contribution in [0.25, 0.3) is 0 Å². The van der Waals surface area contributed by atoms with Crippen molar-refractivity contribution in [1.29, 1.82) is 0 Å². The van der Waals surface area contributed by atoms with E-state index in [1.54, 1.807) is 7.11 Å². The average molecular weight is 455 g/mol. The van der Waals surface area contributed by atoms with E-state index in [4.69, 9.17) is 14.5 Å². The number of fused-ring (bicyclic) bond motifs is 3. The number of aliphatic imine (C=N–C) groups is 1. The number of methoxy groups -OCH3 is 1. The molecule has 142 valence electrons. The number of hydrogen-bond donors (Lipinski definition) is 2. The summed E-state index contributed by atoms with van der Waals surface area (Å²) >= 11 is 0. The molecule has 3 saturated heterocycles. The van der Waals surface area contributed by atoms with Gasteiger partial charge in [-0.25, -0.2) is 0 Å². The molecule has 0 radical (unpaired) electrons. The van der Waals surface area contributed by atoms with E-state index >= 15 is 0 Å². The summed E-state index contributed by atoms with van der Waals surface area (Å²) in [6.07, 6.45) is 0.970. The van der Waals surface area contributed by atoms with Gasteiger partial charge in [0.25, 0.3) is 0 Å². The van der Waals surface area contributed by atoms with Crippen molar-refractivity contribution in [3.05, 3.63) is 0 Å². The molecule has 3 fully saturated rings. The molecule has 3 aliphatic rings. The third kappa shape index (κ3) is 7.81. The molecule has 0 saturated carbocycles. The van der Waals surface area contributed by atoms with Crippen molar-refractivity contribution in [2.75, 3.05) is 79.3 Å². The number of nitrogens with one attached hydrogen (secondary N) is 2. The van der Waals surface area contributed by atoms with E-state index in [1.165, 1.54) is 26.2 Å². The highest BCUT2D eigenvalue weighted by Crippen LogP contribution is 2.15. The fourth-order valence-corrected chi connectivity index (χ4v) is 3.06. The van der Waals surface area contributed by atoms with Crippen molar-refractivity contribution in [2.24, 2.45) is 4.99 Å². The molecule has 0 spiro atoms. The van der Waals surface area contributed by atoms with Gasteiger partial charge in [0.1, 0.15) is 0 Å². The lowest BCUT2D eigenvalue weighted by molar-refractivity contribution is 0.0174. The number of halogens is 1. The molecule has 2 bridgehead atoms. The van der Waals surface area contributed by atoms with E-state index in [2.05, 4.69) is 27.4 Å². The van der Waals surface area contributed by atoms with Crippen LogP contribution in [0.15, 0.2) is 4.99 Å². The molecule has 8 heteroatoms. The quantitative estimate of drug-likeness (QED) is 0.213. The highest BCUT2D eigenvalue weighted by atomic mass is 127. The van der Waals surface area contributed by atoms with Crippen LogP contribution in [0.1, 0.15) is 13.3 Å². The predicted octanol–water partition coefficient (Wildman–Crippen LogP) is 0.212. The molecular formula is C16H34IN5O2. The Hall–Kier alpha value is -0.160. The maximum absolute atomic E-state index is 5.47. The molecule has 3 rings (SSSR count). The summed E-state index contributed by atoms with van der Waals surface area (Å²) in [6, 6.07) is 0.574. The van der Waals surface area contributed by atoms with Gasteiger partial charge in [0.15, 0.2) is 5.96 Å². The maximum atomic E-state index is 5.47. The van der Waals surface area contributed by atoms with Crippen LogP contribution in [0.2, 0.25) is 0 Å². The normalized spacial score (nSPS) is 26.1. The molecule has 3 aliphatic heterocycles. The number of nitrogens with zero attached hydrogens (tertiary/aromatic N) is 3. The lowest BCUT2D eigenvalue weighted by Crippen LogP contribution is -2.62. The summed E-state index contributed by atoms with van der Waals surface area (Å²) < 4.78 is 10.4. The van der Waals surface area contributed by atoms with E-state index < -0.39 is 0 Å². The van der Waals surface area contributed by atoms with Crippen molar-refractivity contribution in [3.8, 4) is 0 Å². The van der Waals surface area contributed by atoms with E-state index in [9.17, 15) is 0 Å². The Morgan fingerprint density at radius 1 is 1.12 bits per heavy atom. The minimum atomic E-state index is 0. The third-order valence-corrected chi connectivity index (χ3v) is 4.39. The Bertz CT molecular complexity index is 351. The van der Waals surface area contributed by atoms with Gasteiger partial charge < -0.3 is 20.1 Å². The Labute approximate surface area is 163 Å². The minimum absolute atomic E-state index is 0. The van der Waals surface area contributed by atoms with Crippen molar-refractivity contribution in [1.82, 2.24) is 20.4 Å². The van der Waals surface area contributed by atoms with Gasteiger partial charge in [0.05, 0.1) is 19.8 Å². The van der Waals surface area contributed by atoms with Crippen LogP contribution in [0.3, 0.4) is 0 Å². The molecule has 24 heavy (non-hydrogen) atoms. The van der Waals surface area contributed by atoms with Gasteiger partial charge in [-0.1, -0.05) is 0 Å². The van der Waals surface area contributed by atoms with Crippen LogP contribution in [-0.4, -0.2) is 101 Å². The number of hydrogen-bond acceptors (Lipinski definition) is 5. The molecule has 1 unspecified atom stereocenters. The van der Waals surface area contributed by atoms with Gasteiger partial charge in [-0.2, -0.15) is 0 Å². The average Bonchev–Trinajstić information content (AvgIpc) is 2.60. The predicted molar refractivity (Wildman–Crippen MR) is 109 cm³/mol. The van der Waals surface area contributed by atoms with Crippen LogP contribution < -0.4 is 10.6 Å². The number of piperazine rings is 3. The highest BCUT2D eigenvalue weighted by molar-refractivity contribution is 14.0. The lowest BCUT2D eigenvalue weighted by Gasteiger charge is -2.47. The molecule has 0 aliphatic carbocycles. The zero-order valence-electron chi connectivity index (χ0n) is 15.1. The largest absolute Gasteiger partial charge is 0.382 e. The van der Waals surface area contributed by atoms with E-state index in [1.807, 2.05) is 0 Å². The molecule has 7 nitrogen and oxygen atoms in total. The summed E-state index contributed by atoms with van der Waals surface area (Å²) in [7, 11) is 1.69. The number of rotatable bonds is 10. The molecular weight excluding hydrogens is 421 g/mol. The molecule has 3 heterocycles. The minimum Gasteiger partial charge on any atom is -0.382 e. The van der Waals surface area contributed by atoms with E-state index in [0.717, 1.165) is 45.2 Å². The van der Waals surface area contributed by atoms with E-state index in [-0.39, 0.29) is 24.0 Å². The monoisotopic (exact) mass is 455 g/mol. The smallest absolute Gasteiger partial charge is 0.191 e. The Morgan fingerprint density at radius 2 is 1.92 bits per heavy atom. The zero-order chi connectivity index (χ0) is 16.3. The lowest BCUT2D eigenvalue weighted by atomic mass is 10.1. The Kier molecular flexibility index (Phi) is 11.9. The molecule has 0 aromatic carbocycles. The standard InChI is InChI=1S/C16H33N5O2.HI/c1-3-17-16(18-5-4-10-23-12-11-22-2)19-13-15-14-20-6-8-21(15)9-7-20;/h15H,3-14H2,1-2H3,(H2,17,18,19);1H. The first-order valence-electron chi connectivity index (χ1n) is 8.88. The number of ether oxygens (including phenoxy) is 2. The molecule has 0 aromatic heterocycles. The van der Waals surface area contributed by atoms with Gasteiger partial charge in [0.2, 0.25) is 0 Å². The fraction of sp³-hybridized carbons (Fsp3) is 0.938. The van der Waals surface area contributed by atoms with Crippen LogP contribution >= 0.6 is 24.0 Å². The fourth-order valence-electron chi connectivity index (χ4n) is 3.06. The summed E-state index contributed by atoms with van der Waals surface area (Å²) in [4.78, 5) is 9.90. The molecule has 2 N–H and O–H groups in total. The highest BCUT2D eigenvalue weighted by Gasteiger charge is 2.31. The zero-order valence-corrected chi connectivity index (χ0v) is 17.5. The molecule has 1 atom stereocenters. The van der Waals surface area contributed by atoms with Gasteiger partial charge in [0, 0.05) is 65.6 Å². The first kappa shape index (κ1) is 21.9. The molecule has 0 amide bonds. The van der Waals surface area contributed by atoms with Crippen molar-refractivity contribution < 1.29 is 9.47 Å². The number of guanidine groups is 1. The van der Waals surface area contributed by atoms with Crippen molar-refractivity contribution >= 4 is 29.9 Å². The summed E-state index contributed by atoms with van der Waals surface area (Å²) in [5.41, 5.74) is 0. The van der Waals surface area contributed by atoms with Crippen LogP contribution in [0.5, 0.6) is 0 Å². The first-order chi connectivity index (χ1) is 11.3. The topological polar surface area (TPSA) is 61.4 Å². The summed E-state index contributed by atoms with van der Waals surface area (Å²) in [5.74, 6) is 0.919. The van der Waals surface area contributed by atoms with E-state index in [0.29, 0.717) is 19.3 Å². The van der Waals surface area contributed by atoms with Crippen LogP contribution in [0.4, 0.5) is 0 Å². The Balaban J connectivity index is 0.00000288. The van der Waals surface area contributed by atoms with Crippen molar-refractivity contribution in [2.45, 2.75) is 19.4 Å². The second-order valence-electron chi connectivity index (χ2n) is 6.10. The Morgan fingerprint density at radius 3 is 2.54 bits per heavy atom. The van der Waals surface area contributed by atoms with Gasteiger partial charge >= 0.3 is 0 Å². The molecule has 0 aromatic rings. The van der Waals surface area contributed by atoms with Gasteiger partial charge in [-0.3, -0.25) is 14.8 Å². The van der Waals surface area contributed by atoms with Crippen LogP contribution in [0, 0.1) is 0 Å². The van der Waals surface area contributed by atoms with Crippen molar-refractivity contribution in [3.63, 3.8) is 0 Å². The van der Waals surface area contributed by atoms with Gasteiger partial charge in [-0.05, 0) is 13.3 Å². The second-order valence-corrected chi connectivity index (χ2v) is 6.10. The second kappa shape index (κ2) is 13.1.